The smallest absolute Gasteiger partial charge is 0.0973 e. The topological polar surface area (TPSA) is 130 Å². The van der Waals surface area contributed by atoms with E-state index in [0.29, 0.717) is 34.1 Å². The molecule has 6 nitrogen and oxygen atoms in total. The van der Waals surface area contributed by atoms with Crippen LogP contribution in [-0.2, 0) is 0 Å². The predicted molar refractivity (Wildman–Crippen MR) is 108 cm³/mol. The van der Waals surface area contributed by atoms with Crippen molar-refractivity contribution in [1.29, 1.82) is 0 Å². The number of fused-ring (bicyclic) bond motifs is 1. The summed E-state index contributed by atoms with van der Waals surface area (Å²) in [6.07, 6.45) is 0. The Balaban J connectivity index is 2.02. The Morgan fingerprint density at radius 2 is 0.923 bits per heavy atom. The van der Waals surface area contributed by atoms with E-state index in [4.69, 9.17) is 32.9 Å². The van der Waals surface area contributed by atoms with Crippen molar-refractivity contribution in [1.82, 2.24) is 9.97 Å². The van der Waals surface area contributed by atoms with Gasteiger partial charge in [-0.2, -0.15) is 0 Å². The van der Waals surface area contributed by atoms with Gasteiger partial charge in [0.2, 0.25) is 0 Å². The minimum atomic E-state index is 0.500. The highest BCUT2D eigenvalue weighted by Crippen LogP contribution is 2.34. The summed E-state index contributed by atoms with van der Waals surface area (Å²) >= 11 is 0. The number of rotatable bonds is 2. The van der Waals surface area contributed by atoms with Crippen LogP contribution < -0.4 is 22.9 Å². The van der Waals surface area contributed by atoms with Crippen molar-refractivity contribution in [3.63, 3.8) is 0 Å². The second-order valence-corrected chi connectivity index (χ2v) is 6.10. The number of hydrogen-bond acceptors (Lipinski definition) is 6. The van der Waals surface area contributed by atoms with Crippen LogP contribution in [0.4, 0.5) is 22.7 Å². The molecular weight excluding hydrogens is 324 g/mol. The number of nitrogens with zero attached hydrogens (tertiary/aromatic N) is 2. The van der Waals surface area contributed by atoms with Crippen LogP contribution in [0.3, 0.4) is 0 Å². The van der Waals surface area contributed by atoms with Crippen molar-refractivity contribution >= 4 is 33.8 Å². The van der Waals surface area contributed by atoms with Gasteiger partial charge >= 0.3 is 0 Å². The van der Waals surface area contributed by atoms with Crippen molar-refractivity contribution in [3.05, 3.63) is 60.7 Å². The zero-order valence-electron chi connectivity index (χ0n) is 14.0. The van der Waals surface area contributed by atoms with Gasteiger partial charge < -0.3 is 22.9 Å². The summed E-state index contributed by atoms with van der Waals surface area (Å²) in [5.74, 6) is 0. The van der Waals surface area contributed by atoms with Crippen molar-refractivity contribution in [2.75, 3.05) is 22.9 Å². The van der Waals surface area contributed by atoms with Gasteiger partial charge in [0.25, 0.3) is 0 Å². The number of nitrogens with two attached hydrogens (primary N) is 4. The summed E-state index contributed by atoms with van der Waals surface area (Å²) in [7, 11) is 0. The normalized spacial score (nSPS) is 10.9. The van der Waals surface area contributed by atoms with Gasteiger partial charge in [-0.3, -0.25) is 0 Å². The lowest BCUT2D eigenvalue weighted by Crippen LogP contribution is -1.99. The number of anilines is 4. The Labute approximate surface area is 150 Å². The average Bonchev–Trinajstić information content (AvgIpc) is 2.65. The zero-order chi connectivity index (χ0) is 18.3. The van der Waals surface area contributed by atoms with Crippen LogP contribution in [-0.4, -0.2) is 9.97 Å². The Bertz CT molecular complexity index is 1050. The summed E-state index contributed by atoms with van der Waals surface area (Å²) in [4.78, 5) is 9.63. The van der Waals surface area contributed by atoms with Crippen LogP contribution in [0.25, 0.3) is 33.5 Å². The van der Waals surface area contributed by atoms with E-state index in [-0.39, 0.29) is 0 Å². The molecule has 1 heterocycles. The molecule has 0 amide bonds. The molecule has 3 aromatic carbocycles. The van der Waals surface area contributed by atoms with E-state index < -0.39 is 0 Å². The fourth-order valence-electron chi connectivity index (χ4n) is 2.85. The first-order valence-corrected chi connectivity index (χ1v) is 8.10. The van der Waals surface area contributed by atoms with Crippen LogP contribution in [0.2, 0.25) is 0 Å². The lowest BCUT2D eigenvalue weighted by molar-refractivity contribution is 1.29. The Morgan fingerprint density at radius 1 is 0.500 bits per heavy atom. The molecule has 4 aromatic rings. The van der Waals surface area contributed by atoms with E-state index >= 15 is 0 Å². The molecule has 0 atom stereocenters. The molecule has 26 heavy (non-hydrogen) atoms. The maximum absolute atomic E-state index is 5.99. The summed E-state index contributed by atoms with van der Waals surface area (Å²) < 4.78 is 0. The van der Waals surface area contributed by atoms with Crippen molar-refractivity contribution in [2.24, 2.45) is 0 Å². The SMILES string of the molecule is Nc1ccc(-c2nc3ccccc3nc2-c2ccc(N)c(N)c2)cc1N. The molecule has 1 aromatic heterocycles. The summed E-state index contributed by atoms with van der Waals surface area (Å²) in [6.45, 7) is 0. The van der Waals surface area contributed by atoms with Crippen molar-refractivity contribution < 1.29 is 0 Å². The van der Waals surface area contributed by atoms with E-state index in [1.165, 1.54) is 0 Å². The third-order valence-corrected chi connectivity index (χ3v) is 4.29. The highest BCUT2D eigenvalue weighted by Gasteiger charge is 2.14. The first kappa shape index (κ1) is 15.7. The van der Waals surface area contributed by atoms with E-state index in [2.05, 4.69) is 0 Å². The first-order valence-electron chi connectivity index (χ1n) is 8.10. The quantitative estimate of drug-likeness (QED) is 0.414. The molecule has 0 saturated carbocycles. The molecule has 6 heteroatoms. The van der Waals surface area contributed by atoms with Crippen molar-refractivity contribution in [2.45, 2.75) is 0 Å². The van der Waals surface area contributed by atoms with E-state index in [9.17, 15) is 0 Å². The van der Waals surface area contributed by atoms with Gasteiger partial charge in [0.1, 0.15) is 0 Å². The lowest BCUT2D eigenvalue weighted by Gasteiger charge is -2.12. The van der Waals surface area contributed by atoms with Gasteiger partial charge in [0.15, 0.2) is 0 Å². The highest BCUT2D eigenvalue weighted by atomic mass is 14.8. The predicted octanol–water partition coefficient (Wildman–Crippen LogP) is 3.29. The number of para-hydroxylation sites is 2. The maximum Gasteiger partial charge on any atom is 0.0973 e. The largest absolute Gasteiger partial charge is 0.397 e. The fraction of sp³-hybridized carbons (Fsp3) is 0. The molecular formula is C20H18N6. The van der Waals surface area contributed by atoms with Crippen LogP contribution in [0.5, 0.6) is 0 Å². The molecule has 0 radical (unpaired) electrons. The molecule has 0 fully saturated rings. The van der Waals surface area contributed by atoms with Gasteiger partial charge in [0.05, 0.1) is 45.2 Å². The van der Waals surface area contributed by atoms with E-state index in [1.54, 1.807) is 24.3 Å². The van der Waals surface area contributed by atoms with Gasteiger partial charge in [-0.05, 0) is 36.4 Å². The molecule has 8 N–H and O–H groups in total. The number of nitrogen functional groups attached to an aromatic ring is 4. The minimum Gasteiger partial charge on any atom is -0.397 e. The average molecular weight is 342 g/mol. The monoisotopic (exact) mass is 342 g/mol. The Kier molecular flexibility index (Phi) is 3.58. The molecule has 0 aliphatic carbocycles. The maximum atomic E-state index is 5.99. The second kappa shape index (κ2) is 5.93. The summed E-state index contributed by atoms with van der Waals surface area (Å²) in [6, 6.07) is 18.6. The molecule has 4 rings (SSSR count). The molecule has 0 aliphatic heterocycles. The third-order valence-electron chi connectivity index (χ3n) is 4.29. The van der Waals surface area contributed by atoms with E-state index in [0.717, 1.165) is 22.2 Å². The van der Waals surface area contributed by atoms with Gasteiger partial charge in [-0.25, -0.2) is 9.97 Å². The van der Waals surface area contributed by atoms with Crippen LogP contribution >= 0.6 is 0 Å². The van der Waals surface area contributed by atoms with Crippen molar-refractivity contribution in [3.8, 4) is 22.5 Å². The Hall–Kier alpha value is -3.80. The molecule has 128 valence electrons. The second-order valence-electron chi connectivity index (χ2n) is 6.10. The number of benzene rings is 3. The molecule has 0 spiro atoms. The third kappa shape index (κ3) is 2.63. The lowest BCUT2D eigenvalue weighted by atomic mass is 10.0. The number of hydrogen-bond donors (Lipinski definition) is 4. The van der Waals surface area contributed by atoms with Gasteiger partial charge in [-0.15, -0.1) is 0 Å². The fourth-order valence-corrected chi connectivity index (χ4v) is 2.85. The summed E-state index contributed by atoms with van der Waals surface area (Å²) in [5.41, 5.74) is 30.4. The van der Waals surface area contributed by atoms with Gasteiger partial charge in [-0.1, -0.05) is 24.3 Å². The standard InChI is InChI=1S/C20H18N6/c21-13-7-5-11(9-15(13)23)19-20(12-6-8-14(22)16(24)10-12)26-18-4-2-1-3-17(18)25-19/h1-10H,21-24H2. The minimum absolute atomic E-state index is 0.500. The number of aromatic nitrogens is 2. The van der Waals surface area contributed by atoms with Crippen LogP contribution in [0.1, 0.15) is 0 Å². The van der Waals surface area contributed by atoms with Crippen LogP contribution in [0, 0.1) is 0 Å². The summed E-state index contributed by atoms with van der Waals surface area (Å²) in [5, 5.41) is 0. The Morgan fingerprint density at radius 3 is 1.31 bits per heavy atom. The molecule has 0 unspecified atom stereocenters. The molecule has 0 bridgehead atoms. The molecule has 0 aliphatic rings. The van der Waals surface area contributed by atoms with Gasteiger partial charge in [0, 0.05) is 11.1 Å². The highest BCUT2D eigenvalue weighted by molar-refractivity contribution is 5.89. The molecule has 0 saturated heterocycles. The van der Waals surface area contributed by atoms with Crippen LogP contribution in [0.15, 0.2) is 60.7 Å². The zero-order valence-corrected chi connectivity index (χ0v) is 14.0. The van der Waals surface area contributed by atoms with E-state index in [1.807, 2.05) is 36.4 Å². The first-order chi connectivity index (χ1) is 12.5.